The summed E-state index contributed by atoms with van der Waals surface area (Å²) in [5, 5.41) is 3.54. The van der Waals surface area contributed by atoms with E-state index in [2.05, 4.69) is 42.0 Å². The van der Waals surface area contributed by atoms with Gasteiger partial charge in [0.05, 0.1) is 11.9 Å². The Kier molecular flexibility index (Phi) is 5.20. The van der Waals surface area contributed by atoms with E-state index in [0.29, 0.717) is 12.0 Å². The molecule has 1 N–H and O–H groups in total. The van der Waals surface area contributed by atoms with Crippen LogP contribution in [-0.4, -0.2) is 24.1 Å². The van der Waals surface area contributed by atoms with Crippen LogP contribution < -0.4 is 10.2 Å². The highest BCUT2D eigenvalue weighted by molar-refractivity contribution is 5.52. The van der Waals surface area contributed by atoms with Gasteiger partial charge in [-0.15, -0.1) is 0 Å². The molecule has 0 amide bonds. The van der Waals surface area contributed by atoms with Gasteiger partial charge in [-0.3, -0.25) is 4.98 Å². The van der Waals surface area contributed by atoms with Gasteiger partial charge in [0, 0.05) is 25.3 Å². The molecular formula is C16H27N3. The van der Waals surface area contributed by atoms with Crippen LogP contribution >= 0.6 is 0 Å². The molecule has 0 bridgehead atoms. The fourth-order valence-corrected chi connectivity index (χ4v) is 2.77. The summed E-state index contributed by atoms with van der Waals surface area (Å²) in [6, 6.07) is 2.80. The third kappa shape index (κ3) is 3.93. The van der Waals surface area contributed by atoms with Crippen LogP contribution in [0.5, 0.6) is 0 Å². The Labute approximate surface area is 117 Å². The maximum atomic E-state index is 4.33. The summed E-state index contributed by atoms with van der Waals surface area (Å²) in [5.74, 6) is 0.694. The molecule has 3 nitrogen and oxygen atoms in total. The largest absolute Gasteiger partial charge is 0.367 e. The van der Waals surface area contributed by atoms with Crippen LogP contribution in [0.3, 0.4) is 0 Å². The van der Waals surface area contributed by atoms with Crippen molar-refractivity contribution in [3.8, 4) is 0 Å². The highest BCUT2D eigenvalue weighted by Gasteiger charge is 2.20. The minimum atomic E-state index is 0.641. The summed E-state index contributed by atoms with van der Waals surface area (Å²) in [5.41, 5.74) is 2.70. The van der Waals surface area contributed by atoms with Gasteiger partial charge in [-0.05, 0) is 50.3 Å². The van der Waals surface area contributed by atoms with Gasteiger partial charge in [-0.1, -0.05) is 13.8 Å². The van der Waals surface area contributed by atoms with Crippen LogP contribution in [0.1, 0.15) is 45.6 Å². The number of hydrogen-bond donors (Lipinski definition) is 1. The molecule has 0 aliphatic carbocycles. The van der Waals surface area contributed by atoms with E-state index < -0.39 is 0 Å². The van der Waals surface area contributed by atoms with Gasteiger partial charge in [0.2, 0.25) is 0 Å². The Bertz CT molecular complexity index is 389. The monoisotopic (exact) mass is 261 g/mol. The van der Waals surface area contributed by atoms with E-state index in [-0.39, 0.29) is 0 Å². The molecule has 1 fully saturated rings. The van der Waals surface area contributed by atoms with E-state index in [1.165, 1.54) is 37.1 Å². The molecular weight excluding hydrogens is 234 g/mol. The van der Waals surface area contributed by atoms with Crippen molar-refractivity contribution in [2.45, 2.75) is 52.6 Å². The fourth-order valence-electron chi connectivity index (χ4n) is 2.77. The van der Waals surface area contributed by atoms with E-state index in [9.17, 15) is 0 Å². The number of rotatable bonds is 5. The normalized spacial score (nSPS) is 20.0. The topological polar surface area (TPSA) is 28.2 Å². The first-order valence-electron chi connectivity index (χ1n) is 7.58. The molecule has 2 rings (SSSR count). The predicted molar refractivity (Wildman–Crippen MR) is 81.4 cm³/mol. The van der Waals surface area contributed by atoms with Crippen molar-refractivity contribution in [1.82, 2.24) is 10.3 Å². The number of pyridine rings is 1. The SMILES string of the molecule is CC(C)CNCc1ccncc1N1CCCCC1C. The van der Waals surface area contributed by atoms with Crippen LogP contribution in [0.4, 0.5) is 5.69 Å². The molecule has 2 heterocycles. The van der Waals surface area contributed by atoms with Gasteiger partial charge in [-0.25, -0.2) is 0 Å². The number of hydrogen-bond acceptors (Lipinski definition) is 3. The molecule has 1 unspecified atom stereocenters. The lowest BCUT2D eigenvalue weighted by Crippen LogP contribution is -2.38. The highest BCUT2D eigenvalue weighted by atomic mass is 15.2. The summed E-state index contributed by atoms with van der Waals surface area (Å²) in [6.45, 7) is 10.00. The second-order valence-electron chi connectivity index (χ2n) is 6.07. The van der Waals surface area contributed by atoms with E-state index in [4.69, 9.17) is 0 Å². The average molecular weight is 261 g/mol. The highest BCUT2D eigenvalue weighted by Crippen LogP contribution is 2.27. The van der Waals surface area contributed by atoms with E-state index in [0.717, 1.165) is 13.1 Å². The van der Waals surface area contributed by atoms with Gasteiger partial charge < -0.3 is 10.2 Å². The molecule has 1 aliphatic heterocycles. The lowest BCUT2D eigenvalue weighted by Gasteiger charge is -2.36. The molecule has 0 saturated carbocycles. The third-order valence-electron chi connectivity index (χ3n) is 3.87. The van der Waals surface area contributed by atoms with Crippen LogP contribution in [0.2, 0.25) is 0 Å². The van der Waals surface area contributed by atoms with E-state index in [1.54, 1.807) is 0 Å². The van der Waals surface area contributed by atoms with Crippen molar-refractivity contribution < 1.29 is 0 Å². The van der Waals surface area contributed by atoms with E-state index >= 15 is 0 Å². The van der Waals surface area contributed by atoms with Crippen molar-refractivity contribution in [3.05, 3.63) is 24.0 Å². The molecule has 0 spiro atoms. The first-order chi connectivity index (χ1) is 9.18. The van der Waals surface area contributed by atoms with Crippen molar-refractivity contribution >= 4 is 5.69 Å². The van der Waals surface area contributed by atoms with Crippen LogP contribution in [-0.2, 0) is 6.54 Å². The minimum Gasteiger partial charge on any atom is -0.367 e. The van der Waals surface area contributed by atoms with Crippen molar-refractivity contribution in [2.75, 3.05) is 18.0 Å². The number of anilines is 1. The molecule has 1 aromatic heterocycles. The quantitative estimate of drug-likeness (QED) is 0.882. The third-order valence-corrected chi connectivity index (χ3v) is 3.87. The Morgan fingerprint density at radius 2 is 2.26 bits per heavy atom. The van der Waals surface area contributed by atoms with E-state index in [1.807, 2.05) is 12.4 Å². The number of piperidine rings is 1. The van der Waals surface area contributed by atoms with Crippen molar-refractivity contribution in [3.63, 3.8) is 0 Å². The van der Waals surface area contributed by atoms with Gasteiger partial charge in [-0.2, -0.15) is 0 Å². The van der Waals surface area contributed by atoms with Gasteiger partial charge in [0.15, 0.2) is 0 Å². The smallest absolute Gasteiger partial charge is 0.0600 e. The maximum Gasteiger partial charge on any atom is 0.0600 e. The Morgan fingerprint density at radius 3 is 3.00 bits per heavy atom. The Balaban J connectivity index is 2.06. The molecule has 1 aromatic rings. The molecule has 1 saturated heterocycles. The molecule has 19 heavy (non-hydrogen) atoms. The average Bonchev–Trinajstić information content (AvgIpc) is 2.40. The summed E-state index contributed by atoms with van der Waals surface area (Å²) in [6.07, 6.45) is 7.91. The van der Waals surface area contributed by atoms with Crippen LogP contribution in [0, 0.1) is 5.92 Å². The summed E-state index contributed by atoms with van der Waals surface area (Å²) < 4.78 is 0. The van der Waals surface area contributed by atoms with Gasteiger partial charge in [0.1, 0.15) is 0 Å². The Morgan fingerprint density at radius 1 is 1.42 bits per heavy atom. The number of nitrogens with zero attached hydrogens (tertiary/aromatic N) is 2. The molecule has 1 atom stereocenters. The van der Waals surface area contributed by atoms with Gasteiger partial charge in [0.25, 0.3) is 0 Å². The molecule has 1 aliphatic rings. The predicted octanol–water partition coefficient (Wildman–Crippen LogP) is 3.21. The summed E-state index contributed by atoms with van der Waals surface area (Å²) in [4.78, 5) is 6.86. The second-order valence-corrected chi connectivity index (χ2v) is 6.07. The van der Waals surface area contributed by atoms with Gasteiger partial charge >= 0.3 is 0 Å². The molecule has 0 radical (unpaired) electrons. The summed E-state index contributed by atoms with van der Waals surface area (Å²) >= 11 is 0. The van der Waals surface area contributed by atoms with Crippen LogP contribution in [0.15, 0.2) is 18.5 Å². The van der Waals surface area contributed by atoms with Crippen LogP contribution in [0.25, 0.3) is 0 Å². The summed E-state index contributed by atoms with van der Waals surface area (Å²) in [7, 11) is 0. The minimum absolute atomic E-state index is 0.641. The number of aromatic nitrogens is 1. The lowest BCUT2D eigenvalue weighted by atomic mass is 10.0. The maximum absolute atomic E-state index is 4.33. The molecule has 106 valence electrons. The Hall–Kier alpha value is -1.09. The standard InChI is InChI=1S/C16H27N3/c1-13(2)10-18-11-15-7-8-17-12-16(15)19-9-5-4-6-14(19)3/h7-8,12-14,18H,4-6,9-11H2,1-3H3. The lowest BCUT2D eigenvalue weighted by molar-refractivity contribution is 0.481. The zero-order valence-electron chi connectivity index (χ0n) is 12.5. The first kappa shape index (κ1) is 14.3. The first-order valence-corrected chi connectivity index (χ1v) is 7.58. The zero-order valence-corrected chi connectivity index (χ0v) is 12.5. The number of nitrogens with one attached hydrogen (secondary N) is 1. The molecule has 3 heteroatoms. The molecule has 0 aromatic carbocycles. The second kappa shape index (κ2) is 6.90. The zero-order chi connectivity index (χ0) is 13.7. The van der Waals surface area contributed by atoms with Crippen molar-refractivity contribution in [2.24, 2.45) is 5.92 Å². The fraction of sp³-hybridized carbons (Fsp3) is 0.688. The van der Waals surface area contributed by atoms with Crippen molar-refractivity contribution in [1.29, 1.82) is 0 Å².